The Balaban J connectivity index is 1.88. The minimum Gasteiger partial charge on any atom is -0.381 e. The molecule has 1 aromatic carbocycles. The maximum atomic E-state index is 5.50. The number of nitrogens with one attached hydrogen (secondary N) is 1. The molecule has 18 heavy (non-hydrogen) atoms. The summed E-state index contributed by atoms with van der Waals surface area (Å²) >= 11 is 7.10. The van der Waals surface area contributed by atoms with Crippen LogP contribution in [0, 0.1) is 5.92 Å². The molecule has 1 aliphatic rings. The molecule has 100 valence electrons. The predicted octanol–water partition coefficient (Wildman–Crippen LogP) is 4.29. The average molecular weight is 377 g/mol. The Morgan fingerprint density at radius 2 is 2.28 bits per heavy atom. The molecule has 1 aliphatic heterocycles. The molecular weight excluding hydrogens is 358 g/mol. The van der Waals surface area contributed by atoms with Gasteiger partial charge in [0.15, 0.2) is 0 Å². The average Bonchev–Trinajstić information content (AvgIpc) is 2.37. The topological polar surface area (TPSA) is 21.3 Å². The first-order valence-electron chi connectivity index (χ1n) is 6.43. The van der Waals surface area contributed by atoms with E-state index in [4.69, 9.17) is 4.74 Å². The van der Waals surface area contributed by atoms with Gasteiger partial charge >= 0.3 is 0 Å². The fourth-order valence-corrected chi connectivity index (χ4v) is 3.66. The zero-order valence-electron chi connectivity index (χ0n) is 10.6. The normalized spacial score (nSPS) is 21.8. The Morgan fingerprint density at radius 1 is 1.44 bits per heavy atom. The third-order valence-corrected chi connectivity index (χ3v) is 4.58. The van der Waals surface area contributed by atoms with Crippen LogP contribution >= 0.6 is 31.9 Å². The summed E-state index contributed by atoms with van der Waals surface area (Å²) in [7, 11) is 0. The van der Waals surface area contributed by atoms with Gasteiger partial charge in [0.25, 0.3) is 0 Å². The van der Waals surface area contributed by atoms with Gasteiger partial charge in [0, 0.05) is 28.1 Å². The third kappa shape index (κ3) is 4.05. The second-order valence-electron chi connectivity index (χ2n) is 4.88. The van der Waals surface area contributed by atoms with Crippen LogP contribution in [0.5, 0.6) is 0 Å². The second-order valence-corrected chi connectivity index (χ2v) is 6.65. The van der Waals surface area contributed by atoms with E-state index in [1.165, 1.54) is 18.4 Å². The first-order chi connectivity index (χ1) is 8.66. The molecule has 2 unspecified atom stereocenters. The van der Waals surface area contributed by atoms with E-state index in [0.29, 0.717) is 12.0 Å². The molecule has 1 saturated heterocycles. The van der Waals surface area contributed by atoms with Gasteiger partial charge in [-0.05, 0) is 43.4 Å². The van der Waals surface area contributed by atoms with Crippen molar-refractivity contribution in [3.05, 3.63) is 32.7 Å². The lowest BCUT2D eigenvalue weighted by atomic mass is 10.0. The van der Waals surface area contributed by atoms with E-state index in [0.717, 1.165) is 28.7 Å². The van der Waals surface area contributed by atoms with Crippen molar-refractivity contribution >= 4 is 31.9 Å². The van der Waals surface area contributed by atoms with Gasteiger partial charge < -0.3 is 10.1 Å². The molecule has 1 fully saturated rings. The lowest BCUT2D eigenvalue weighted by Crippen LogP contribution is -2.30. The Hall–Kier alpha value is 0.1000. The summed E-state index contributed by atoms with van der Waals surface area (Å²) in [5, 5.41) is 3.60. The first-order valence-corrected chi connectivity index (χ1v) is 8.01. The Kier molecular flexibility index (Phi) is 5.67. The van der Waals surface area contributed by atoms with E-state index < -0.39 is 0 Å². The summed E-state index contributed by atoms with van der Waals surface area (Å²) in [6.45, 7) is 5.08. The predicted molar refractivity (Wildman–Crippen MR) is 81.8 cm³/mol. The van der Waals surface area contributed by atoms with E-state index in [2.05, 4.69) is 62.3 Å². The summed E-state index contributed by atoms with van der Waals surface area (Å²) in [6, 6.07) is 6.69. The number of benzene rings is 1. The zero-order chi connectivity index (χ0) is 13.0. The lowest BCUT2D eigenvalue weighted by Gasteiger charge is -2.24. The van der Waals surface area contributed by atoms with Crippen LogP contribution in [0.2, 0.25) is 0 Å². The molecule has 2 atom stereocenters. The number of rotatable bonds is 4. The van der Waals surface area contributed by atoms with Crippen molar-refractivity contribution in [1.29, 1.82) is 0 Å². The van der Waals surface area contributed by atoms with Crippen molar-refractivity contribution in [2.24, 2.45) is 5.92 Å². The zero-order valence-corrected chi connectivity index (χ0v) is 13.8. The Labute approximate surface area is 126 Å². The minimum absolute atomic E-state index is 0.356. The monoisotopic (exact) mass is 375 g/mol. The smallest absolute Gasteiger partial charge is 0.0506 e. The van der Waals surface area contributed by atoms with E-state index in [9.17, 15) is 0 Å². The van der Waals surface area contributed by atoms with Crippen LogP contribution in [0.1, 0.15) is 31.4 Å². The number of halogens is 2. The highest BCUT2D eigenvalue weighted by Crippen LogP contribution is 2.27. The SMILES string of the molecule is CC(NCC1CCCOC1)c1ccc(Br)cc1Br. The van der Waals surface area contributed by atoms with Gasteiger partial charge in [0.05, 0.1) is 6.61 Å². The van der Waals surface area contributed by atoms with Crippen LogP contribution in [0.15, 0.2) is 27.1 Å². The first kappa shape index (κ1) is 14.5. The molecule has 2 nitrogen and oxygen atoms in total. The molecule has 0 aliphatic carbocycles. The molecule has 0 amide bonds. The molecule has 0 saturated carbocycles. The highest BCUT2D eigenvalue weighted by molar-refractivity contribution is 9.11. The van der Waals surface area contributed by atoms with Gasteiger partial charge in [0.2, 0.25) is 0 Å². The molecule has 0 bridgehead atoms. The van der Waals surface area contributed by atoms with Gasteiger partial charge in [-0.25, -0.2) is 0 Å². The van der Waals surface area contributed by atoms with Crippen molar-refractivity contribution < 1.29 is 4.74 Å². The van der Waals surface area contributed by atoms with Crippen LogP contribution in [-0.2, 0) is 4.74 Å². The maximum absolute atomic E-state index is 5.50. The quantitative estimate of drug-likeness (QED) is 0.846. The third-order valence-electron chi connectivity index (χ3n) is 3.40. The Morgan fingerprint density at radius 3 is 2.94 bits per heavy atom. The number of hydrogen-bond donors (Lipinski definition) is 1. The highest BCUT2D eigenvalue weighted by Gasteiger charge is 2.16. The fraction of sp³-hybridized carbons (Fsp3) is 0.571. The minimum atomic E-state index is 0.356. The summed E-state index contributed by atoms with van der Waals surface area (Å²) < 4.78 is 7.76. The molecule has 1 heterocycles. The second kappa shape index (κ2) is 7.04. The van der Waals surface area contributed by atoms with Crippen LogP contribution in [-0.4, -0.2) is 19.8 Å². The van der Waals surface area contributed by atoms with Crippen LogP contribution in [0.25, 0.3) is 0 Å². The van der Waals surface area contributed by atoms with Gasteiger partial charge in [-0.1, -0.05) is 37.9 Å². The molecular formula is C14H19Br2NO. The van der Waals surface area contributed by atoms with Crippen molar-refractivity contribution in [2.75, 3.05) is 19.8 Å². The largest absolute Gasteiger partial charge is 0.381 e. The fourth-order valence-electron chi connectivity index (χ4n) is 2.27. The lowest BCUT2D eigenvalue weighted by molar-refractivity contribution is 0.0540. The molecule has 2 rings (SSSR count). The van der Waals surface area contributed by atoms with E-state index in [1.807, 2.05) is 0 Å². The molecule has 0 aromatic heterocycles. The van der Waals surface area contributed by atoms with E-state index in [1.54, 1.807) is 0 Å². The standard InChI is InChI=1S/C14H19Br2NO/c1-10(13-5-4-12(15)7-14(13)16)17-8-11-3-2-6-18-9-11/h4-5,7,10-11,17H,2-3,6,8-9H2,1H3. The number of ether oxygens (including phenoxy) is 1. The summed E-state index contributed by atoms with van der Waals surface area (Å²) in [5.41, 5.74) is 1.30. The van der Waals surface area contributed by atoms with E-state index in [-0.39, 0.29) is 0 Å². The maximum Gasteiger partial charge on any atom is 0.0506 e. The van der Waals surface area contributed by atoms with Crippen LogP contribution in [0.3, 0.4) is 0 Å². The van der Waals surface area contributed by atoms with Gasteiger partial charge in [0.1, 0.15) is 0 Å². The summed E-state index contributed by atoms with van der Waals surface area (Å²) in [4.78, 5) is 0. The van der Waals surface area contributed by atoms with Gasteiger partial charge in [-0.2, -0.15) is 0 Å². The summed E-state index contributed by atoms with van der Waals surface area (Å²) in [5.74, 6) is 0.662. The van der Waals surface area contributed by atoms with E-state index >= 15 is 0 Å². The van der Waals surface area contributed by atoms with Crippen LogP contribution in [0.4, 0.5) is 0 Å². The molecule has 0 radical (unpaired) electrons. The van der Waals surface area contributed by atoms with Gasteiger partial charge in [-0.15, -0.1) is 0 Å². The summed E-state index contributed by atoms with van der Waals surface area (Å²) in [6.07, 6.45) is 2.48. The van der Waals surface area contributed by atoms with Crippen molar-refractivity contribution in [2.45, 2.75) is 25.8 Å². The van der Waals surface area contributed by atoms with Crippen molar-refractivity contribution in [1.82, 2.24) is 5.32 Å². The highest BCUT2D eigenvalue weighted by atomic mass is 79.9. The van der Waals surface area contributed by atoms with Crippen LogP contribution < -0.4 is 5.32 Å². The molecule has 1 N–H and O–H groups in total. The van der Waals surface area contributed by atoms with Gasteiger partial charge in [-0.3, -0.25) is 0 Å². The molecule has 0 spiro atoms. The van der Waals surface area contributed by atoms with Crippen molar-refractivity contribution in [3.63, 3.8) is 0 Å². The molecule has 4 heteroatoms. The Bertz CT molecular complexity index is 391. The van der Waals surface area contributed by atoms with Crippen molar-refractivity contribution in [3.8, 4) is 0 Å². The molecule has 1 aromatic rings. The number of hydrogen-bond acceptors (Lipinski definition) is 2.